The van der Waals surface area contributed by atoms with Gasteiger partial charge in [0.25, 0.3) is 0 Å². The summed E-state index contributed by atoms with van der Waals surface area (Å²) in [6, 6.07) is 10.3. The smallest absolute Gasteiger partial charge is 0.133 e. The van der Waals surface area contributed by atoms with Gasteiger partial charge in [-0.15, -0.1) is 0 Å². The molecule has 0 amide bonds. The van der Waals surface area contributed by atoms with Crippen molar-refractivity contribution in [1.82, 2.24) is 4.98 Å². The van der Waals surface area contributed by atoms with Gasteiger partial charge in [-0.1, -0.05) is 18.2 Å². The van der Waals surface area contributed by atoms with Crippen LogP contribution in [0.5, 0.6) is 5.75 Å². The molecule has 1 aromatic carbocycles. The lowest BCUT2D eigenvalue weighted by molar-refractivity contribution is 0.165. The minimum Gasteiger partial charge on any atom is -0.486 e. The molecule has 1 saturated heterocycles. The first kappa shape index (κ1) is 12.0. The van der Waals surface area contributed by atoms with E-state index < -0.39 is 0 Å². The number of hydrogen-bond acceptors (Lipinski definition) is 3. The predicted octanol–water partition coefficient (Wildman–Crippen LogP) is 2.97. The molecule has 2 heterocycles. The summed E-state index contributed by atoms with van der Waals surface area (Å²) in [4.78, 5) is 6.34. The van der Waals surface area contributed by atoms with Gasteiger partial charge in [-0.3, -0.25) is 4.98 Å². The number of aryl methyl sites for hydroxylation is 2. The SMILES string of the molecule is Cc1cccc(C)c1OC1CN(c2ccncc2)C1. The van der Waals surface area contributed by atoms with E-state index >= 15 is 0 Å². The van der Waals surface area contributed by atoms with E-state index in [4.69, 9.17) is 4.74 Å². The van der Waals surface area contributed by atoms with E-state index in [2.05, 4.69) is 41.9 Å². The molecule has 0 spiro atoms. The molecular formula is C16H18N2O. The number of ether oxygens (including phenoxy) is 1. The number of para-hydroxylation sites is 1. The third kappa shape index (κ3) is 2.41. The third-order valence-electron chi connectivity index (χ3n) is 3.57. The van der Waals surface area contributed by atoms with Gasteiger partial charge in [-0.25, -0.2) is 0 Å². The maximum atomic E-state index is 6.11. The Morgan fingerprint density at radius 3 is 2.32 bits per heavy atom. The fourth-order valence-electron chi connectivity index (χ4n) is 2.43. The standard InChI is InChI=1S/C16H18N2O/c1-12-4-3-5-13(2)16(12)19-15-10-18(11-15)14-6-8-17-9-7-14/h3-9,15H,10-11H2,1-2H3. The Hall–Kier alpha value is -2.03. The summed E-state index contributed by atoms with van der Waals surface area (Å²) in [6.45, 7) is 6.08. The summed E-state index contributed by atoms with van der Waals surface area (Å²) in [6.07, 6.45) is 3.94. The third-order valence-corrected chi connectivity index (χ3v) is 3.57. The first-order chi connectivity index (χ1) is 9.24. The van der Waals surface area contributed by atoms with Gasteiger partial charge in [-0.2, -0.15) is 0 Å². The van der Waals surface area contributed by atoms with Crippen LogP contribution in [0.3, 0.4) is 0 Å². The predicted molar refractivity (Wildman–Crippen MR) is 76.8 cm³/mol. The molecule has 2 aromatic rings. The Morgan fingerprint density at radius 2 is 1.68 bits per heavy atom. The lowest BCUT2D eigenvalue weighted by atomic mass is 10.1. The van der Waals surface area contributed by atoms with Crippen molar-refractivity contribution in [3.05, 3.63) is 53.9 Å². The first-order valence-corrected chi connectivity index (χ1v) is 6.62. The largest absolute Gasteiger partial charge is 0.486 e. The van der Waals surface area contributed by atoms with Gasteiger partial charge >= 0.3 is 0 Å². The fraction of sp³-hybridized carbons (Fsp3) is 0.312. The second kappa shape index (κ2) is 4.92. The molecule has 1 aliphatic rings. The van der Waals surface area contributed by atoms with Crippen molar-refractivity contribution in [2.75, 3.05) is 18.0 Å². The van der Waals surface area contributed by atoms with Gasteiger partial charge in [-0.05, 0) is 37.1 Å². The van der Waals surface area contributed by atoms with Crippen molar-refractivity contribution in [3.8, 4) is 5.75 Å². The van der Waals surface area contributed by atoms with E-state index in [9.17, 15) is 0 Å². The quantitative estimate of drug-likeness (QED) is 0.842. The Bertz CT molecular complexity index is 542. The maximum Gasteiger partial charge on any atom is 0.133 e. The monoisotopic (exact) mass is 254 g/mol. The van der Waals surface area contributed by atoms with Crippen LogP contribution in [0, 0.1) is 13.8 Å². The molecule has 0 radical (unpaired) electrons. The molecular weight excluding hydrogens is 236 g/mol. The molecule has 19 heavy (non-hydrogen) atoms. The molecule has 3 nitrogen and oxygen atoms in total. The van der Waals surface area contributed by atoms with E-state index in [1.807, 2.05) is 24.5 Å². The van der Waals surface area contributed by atoms with Crippen molar-refractivity contribution in [2.24, 2.45) is 0 Å². The zero-order valence-electron chi connectivity index (χ0n) is 11.3. The molecule has 0 bridgehead atoms. The van der Waals surface area contributed by atoms with E-state index in [1.54, 1.807) is 0 Å². The molecule has 0 unspecified atom stereocenters. The van der Waals surface area contributed by atoms with E-state index in [1.165, 1.54) is 16.8 Å². The average molecular weight is 254 g/mol. The maximum absolute atomic E-state index is 6.11. The number of anilines is 1. The van der Waals surface area contributed by atoms with E-state index in [0.717, 1.165) is 18.8 Å². The van der Waals surface area contributed by atoms with Crippen LogP contribution >= 0.6 is 0 Å². The van der Waals surface area contributed by atoms with Crippen LogP contribution in [-0.2, 0) is 0 Å². The van der Waals surface area contributed by atoms with Gasteiger partial charge in [0.15, 0.2) is 0 Å². The number of nitrogens with zero attached hydrogens (tertiary/aromatic N) is 2. The molecule has 1 fully saturated rings. The normalized spacial score (nSPS) is 15.2. The van der Waals surface area contributed by atoms with Gasteiger partial charge in [0.1, 0.15) is 11.9 Å². The highest BCUT2D eigenvalue weighted by molar-refractivity contribution is 5.48. The Balaban J connectivity index is 1.63. The minimum absolute atomic E-state index is 0.285. The number of pyridine rings is 1. The molecule has 1 aliphatic heterocycles. The lowest BCUT2D eigenvalue weighted by Crippen LogP contribution is -2.54. The molecule has 0 N–H and O–H groups in total. The van der Waals surface area contributed by atoms with E-state index in [0.29, 0.717) is 0 Å². The van der Waals surface area contributed by atoms with Crippen molar-refractivity contribution >= 4 is 5.69 Å². The molecule has 1 aromatic heterocycles. The zero-order valence-corrected chi connectivity index (χ0v) is 11.3. The summed E-state index contributed by atoms with van der Waals surface area (Å²) < 4.78 is 6.11. The molecule has 98 valence electrons. The summed E-state index contributed by atoms with van der Waals surface area (Å²) in [5.74, 6) is 1.04. The number of hydrogen-bond donors (Lipinski definition) is 0. The number of rotatable bonds is 3. The summed E-state index contributed by atoms with van der Waals surface area (Å²) in [5.41, 5.74) is 3.64. The summed E-state index contributed by atoms with van der Waals surface area (Å²) in [7, 11) is 0. The lowest BCUT2D eigenvalue weighted by Gasteiger charge is -2.41. The van der Waals surface area contributed by atoms with Crippen LogP contribution in [-0.4, -0.2) is 24.2 Å². The number of benzene rings is 1. The van der Waals surface area contributed by atoms with Crippen molar-refractivity contribution < 1.29 is 4.74 Å². The average Bonchev–Trinajstić information content (AvgIpc) is 2.37. The van der Waals surface area contributed by atoms with Gasteiger partial charge in [0, 0.05) is 18.1 Å². The van der Waals surface area contributed by atoms with Crippen molar-refractivity contribution in [3.63, 3.8) is 0 Å². The van der Waals surface area contributed by atoms with Crippen LogP contribution in [0.2, 0.25) is 0 Å². The number of aromatic nitrogens is 1. The topological polar surface area (TPSA) is 25.4 Å². The van der Waals surface area contributed by atoms with Gasteiger partial charge < -0.3 is 9.64 Å². The minimum atomic E-state index is 0.285. The zero-order chi connectivity index (χ0) is 13.2. The molecule has 3 rings (SSSR count). The second-order valence-electron chi connectivity index (χ2n) is 5.07. The first-order valence-electron chi connectivity index (χ1n) is 6.62. The van der Waals surface area contributed by atoms with Crippen LogP contribution in [0.1, 0.15) is 11.1 Å². The van der Waals surface area contributed by atoms with Crippen molar-refractivity contribution in [1.29, 1.82) is 0 Å². The molecule has 0 atom stereocenters. The highest BCUT2D eigenvalue weighted by Gasteiger charge is 2.29. The highest BCUT2D eigenvalue weighted by atomic mass is 16.5. The molecule has 0 aliphatic carbocycles. The van der Waals surface area contributed by atoms with Gasteiger partial charge in [0.05, 0.1) is 13.1 Å². The van der Waals surface area contributed by atoms with E-state index in [-0.39, 0.29) is 6.10 Å². The fourth-order valence-corrected chi connectivity index (χ4v) is 2.43. The van der Waals surface area contributed by atoms with Crippen LogP contribution in [0.25, 0.3) is 0 Å². The van der Waals surface area contributed by atoms with Crippen LogP contribution in [0.4, 0.5) is 5.69 Å². The molecule has 3 heteroatoms. The van der Waals surface area contributed by atoms with Crippen molar-refractivity contribution in [2.45, 2.75) is 20.0 Å². The summed E-state index contributed by atoms with van der Waals surface area (Å²) in [5, 5.41) is 0. The highest BCUT2D eigenvalue weighted by Crippen LogP contribution is 2.27. The Morgan fingerprint density at radius 1 is 1.05 bits per heavy atom. The van der Waals surface area contributed by atoms with Gasteiger partial charge in [0.2, 0.25) is 0 Å². The van der Waals surface area contributed by atoms with Crippen LogP contribution < -0.4 is 9.64 Å². The molecule has 0 saturated carbocycles. The summed E-state index contributed by atoms with van der Waals surface area (Å²) >= 11 is 0. The Kier molecular flexibility index (Phi) is 3.11. The second-order valence-corrected chi connectivity index (χ2v) is 5.07. The Labute approximate surface area is 113 Å². The van der Waals surface area contributed by atoms with Crippen LogP contribution in [0.15, 0.2) is 42.7 Å².